The van der Waals surface area contributed by atoms with Crippen LogP contribution in [0.5, 0.6) is 0 Å². The molecule has 0 amide bonds. The molecule has 0 aromatic rings. The number of carbonyl (C=O) groups is 3. The van der Waals surface area contributed by atoms with E-state index in [9.17, 15) is 34.8 Å². The predicted molar refractivity (Wildman–Crippen MR) is 202 cm³/mol. The molecule has 6 aliphatic carbocycles. The molecule has 0 heterocycles. The molecule has 0 aromatic carbocycles. The van der Waals surface area contributed by atoms with E-state index >= 15 is 0 Å². The molecular formula is C43H70O12. The molecule has 12 heteroatoms. The molecule has 6 unspecified atom stereocenters. The van der Waals surface area contributed by atoms with Gasteiger partial charge < -0.3 is 34.6 Å². The van der Waals surface area contributed by atoms with Crippen LogP contribution in [0.15, 0.2) is 0 Å². The highest BCUT2D eigenvalue weighted by Crippen LogP contribution is 2.49. The van der Waals surface area contributed by atoms with E-state index in [1.165, 1.54) is 25.7 Å². The quantitative estimate of drug-likeness (QED) is 0.0808. The molecule has 314 valence electrons. The molecule has 0 spiro atoms. The van der Waals surface area contributed by atoms with Gasteiger partial charge in [-0.15, -0.1) is 0 Å². The SMILES string of the molecule is CC(C)(C1CCC(OC2CCC(OOCC3CCC(O)CC3C(=O)O)CC2)CC1)C1CCC(OC2CCC(OC(=O)C3CCC(O)CC3C(=O)O)CC2)CC1. The van der Waals surface area contributed by atoms with Crippen LogP contribution in [-0.4, -0.2) is 93.8 Å². The summed E-state index contributed by atoms with van der Waals surface area (Å²) in [6.45, 7) is 5.24. The Morgan fingerprint density at radius 1 is 0.509 bits per heavy atom. The number of rotatable bonds is 14. The lowest BCUT2D eigenvalue weighted by atomic mass is 9.60. The Morgan fingerprint density at radius 2 is 0.927 bits per heavy atom. The minimum absolute atomic E-state index is 0.0151. The highest BCUT2D eigenvalue weighted by molar-refractivity contribution is 5.81. The first-order valence-electron chi connectivity index (χ1n) is 22.0. The van der Waals surface area contributed by atoms with Crippen LogP contribution < -0.4 is 0 Å². The zero-order valence-corrected chi connectivity index (χ0v) is 33.4. The van der Waals surface area contributed by atoms with Gasteiger partial charge in [0.05, 0.1) is 67.1 Å². The van der Waals surface area contributed by atoms with Crippen molar-refractivity contribution in [1.29, 1.82) is 0 Å². The van der Waals surface area contributed by atoms with Gasteiger partial charge in [0.2, 0.25) is 0 Å². The van der Waals surface area contributed by atoms with E-state index in [0.29, 0.717) is 43.6 Å². The number of carboxylic acid groups (broad SMARTS) is 2. The summed E-state index contributed by atoms with van der Waals surface area (Å²) in [6, 6.07) is 0. The molecule has 6 fully saturated rings. The normalized spacial score (nSPS) is 40.6. The standard InChI is InChI=1S/C43H70O12/c1-43(2,27-4-10-31(11-5-27)52-33-14-16-35(17-15-33)54-42(50)37-22-9-30(45)24-39(37)41(48)49)28-6-12-32(13-7-28)53-34-18-20-36(21-19-34)55-51-25-26-3-8-29(44)23-38(26)40(46)47/h26-39,44-45H,3-25H2,1-2H3,(H,46,47)(H,48,49). The molecule has 0 aliphatic heterocycles. The Labute approximate surface area is 327 Å². The number of ether oxygens (including phenoxy) is 3. The fourth-order valence-electron chi connectivity index (χ4n) is 11.2. The highest BCUT2D eigenvalue weighted by Gasteiger charge is 2.43. The number of hydrogen-bond donors (Lipinski definition) is 4. The van der Waals surface area contributed by atoms with Crippen LogP contribution in [-0.2, 0) is 38.4 Å². The lowest BCUT2D eigenvalue weighted by Gasteiger charge is -2.47. The third-order valence-electron chi connectivity index (χ3n) is 15.0. The van der Waals surface area contributed by atoms with Gasteiger partial charge in [-0.2, -0.15) is 0 Å². The maximum Gasteiger partial charge on any atom is 0.310 e. The van der Waals surface area contributed by atoms with Crippen molar-refractivity contribution in [2.24, 2.45) is 40.9 Å². The van der Waals surface area contributed by atoms with Crippen LogP contribution in [0.2, 0.25) is 0 Å². The van der Waals surface area contributed by atoms with E-state index in [2.05, 4.69) is 13.8 Å². The van der Waals surface area contributed by atoms with E-state index < -0.39 is 47.9 Å². The largest absolute Gasteiger partial charge is 0.481 e. The molecule has 0 bridgehead atoms. The van der Waals surface area contributed by atoms with Crippen molar-refractivity contribution in [3.63, 3.8) is 0 Å². The molecule has 0 aromatic heterocycles. The van der Waals surface area contributed by atoms with Crippen molar-refractivity contribution >= 4 is 17.9 Å². The third-order valence-corrected chi connectivity index (χ3v) is 15.0. The van der Waals surface area contributed by atoms with Crippen molar-refractivity contribution in [3.05, 3.63) is 0 Å². The van der Waals surface area contributed by atoms with Gasteiger partial charge in [-0.25, -0.2) is 9.78 Å². The van der Waals surface area contributed by atoms with Gasteiger partial charge in [0, 0.05) is 0 Å². The van der Waals surface area contributed by atoms with Crippen LogP contribution in [0.1, 0.15) is 155 Å². The van der Waals surface area contributed by atoms with Crippen molar-refractivity contribution in [2.75, 3.05) is 6.61 Å². The minimum atomic E-state index is -1.03. The molecular weight excluding hydrogens is 708 g/mol. The van der Waals surface area contributed by atoms with Gasteiger partial charge in [-0.3, -0.25) is 14.4 Å². The van der Waals surface area contributed by atoms with Gasteiger partial charge in [-0.1, -0.05) is 13.8 Å². The molecule has 6 saturated carbocycles. The second kappa shape index (κ2) is 19.7. The molecule has 6 atom stereocenters. The molecule has 4 N–H and O–H groups in total. The minimum Gasteiger partial charge on any atom is -0.481 e. The summed E-state index contributed by atoms with van der Waals surface area (Å²) in [7, 11) is 0. The average molecular weight is 779 g/mol. The number of hydrogen-bond acceptors (Lipinski definition) is 10. The van der Waals surface area contributed by atoms with Crippen LogP contribution in [0.3, 0.4) is 0 Å². The molecule has 12 nitrogen and oxygen atoms in total. The lowest BCUT2D eigenvalue weighted by Crippen LogP contribution is -2.41. The molecule has 6 rings (SSSR count). The fourth-order valence-corrected chi connectivity index (χ4v) is 11.2. The number of aliphatic hydroxyl groups excluding tert-OH is 2. The molecule has 0 radical (unpaired) electrons. The maximum atomic E-state index is 12.9. The van der Waals surface area contributed by atoms with Gasteiger partial charge in [0.25, 0.3) is 0 Å². The van der Waals surface area contributed by atoms with Crippen LogP contribution in [0.4, 0.5) is 0 Å². The monoisotopic (exact) mass is 778 g/mol. The first-order chi connectivity index (χ1) is 26.3. The van der Waals surface area contributed by atoms with E-state index in [1.54, 1.807) is 0 Å². The summed E-state index contributed by atoms with van der Waals surface area (Å²) >= 11 is 0. The second-order valence-corrected chi connectivity index (χ2v) is 18.8. The summed E-state index contributed by atoms with van der Waals surface area (Å²) in [4.78, 5) is 47.5. The first kappa shape index (κ1) is 42.8. The molecule has 6 aliphatic rings. The van der Waals surface area contributed by atoms with E-state index in [0.717, 1.165) is 77.0 Å². The Hall–Kier alpha value is -1.83. The Balaban J connectivity index is 0.825. The number of carbonyl (C=O) groups excluding carboxylic acids is 1. The number of esters is 1. The summed E-state index contributed by atoms with van der Waals surface area (Å²) in [5.74, 6) is -3.19. The van der Waals surface area contributed by atoms with E-state index in [-0.39, 0.29) is 61.3 Å². The topological polar surface area (TPSA) is 178 Å². The van der Waals surface area contributed by atoms with Gasteiger partial charge in [0.1, 0.15) is 6.10 Å². The zero-order valence-electron chi connectivity index (χ0n) is 33.4. The van der Waals surface area contributed by atoms with Crippen LogP contribution >= 0.6 is 0 Å². The van der Waals surface area contributed by atoms with Gasteiger partial charge in [0.15, 0.2) is 0 Å². The van der Waals surface area contributed by atoms with Crippen molar-refractivity contribution in [1.82, 2.24) is 0 Å². The fraction of sp³-hybridized carbons (Fsp3) is 0.930. The molecule has 55 heavy (non-hydrogen) atoms. The smallest absolute Gasteiger partial charge is 0.310 e. The summed E-state index contributed by atoms with van der Waals surface area (Å²) in [6.07, 6.45) is 18.2. The molecule has 0 saturated heterocycles. The Bertz CT molecular complexity index is 1230. The van der Waals surface area contributed by atoms with Crippen LogP contribution in [0.25, 0.3) is 0 Å². The average Bonchev–Trinajstić information content (AvgIpc) is 3.17. The first-order valence-corrected chi connectivity index (χ1v) is 22.0. The van der Waals surface area contributed by atoms with Crippen molar-refractivity contribution in [2.45, 2.75) is 204 Å². The third kappa shape index (κ3) is 11.6. The van der Waals surface area contributed by atoms with Crippen LogP contribution in [0, 0.1) is 40.9 Å². The van der Waals surface area contributed by atoms with Crippen molar-refractivity contribution in [3.8, 4) is 0 Å². The summed E-state index contributed by atoms with van der Waals surface area (Å²) < 4.78 is 19.1. The zero-order chi connectivity index (χ0) is 39.1. The Morgan fingerprint density at radius 3 is 1.42 bits per heavy atom. The van der Waals surface area contributed by atoms with Crippen molar-refractivity contribution < 1.29 is 58.8 Å². The maximum absolute atomic E-state index is 12.9. The predicted octanol–water partition coefficient (Wildman–Crippen LogP) is 7.00. The summed E-state index contributed by atoms with van der Waals surface area (Å²) in [5.41, 5.74) is 0.283. The second-order valence-electron chi connectivity index (χ2n) is 18.8. The van der Waals surface area contributed by atoms with Gasteiger partial charge in [-0.05, 0) is 164 Å². The number of aliphatic hydroxyl groups is 2. The van der Waals surface area contributed by atoms with E-state index in [4.69, 9.17) is 24.0 Å². The number of aliphatic carboxylic acids is 2. The summed E-state index contributed by atoms with van der Waals surface area (Å²) in [5, 5.41) is 38.8. The van der Waals surface area contributed by atoms with E-state index in [1.807, 2.05) is 0 Å². The van der Waals surface area contributed by atoms with Gasteiger partial charge >= 0.3 is 17.9 Å². The lowest BCUT2D eigenvalue weighted by molar-refractivity contribution is -0.338. The highest BCUT2D eigenvalue weighted by atomic mass is 17.2. The number of carboxylic acids is 2. The Kier molecular flexibility index (Phi) is 15.4.